The van der Waals surface area contributed by atoms with Crippen molar-refractivity contribution in [2.24, 2.45) is 0 Å². The molecule has 20 heavy (non-hydrogen) atoms. The maximum absolute atomic E-state index is 10.1. The Bertz CT molecular complexity index is 287. The minimum atomic E-state index is -1.06. The summed E-state index contributed by atoms with van der Waals surface area (Å²) in [6, 6.07) is 0. The number of thioether (sulfide) groups is 1. The molecular formula is C12H22ClNO5S. The van der Waals surface area contributed by atoms with Crippen molar-refractivity contribution in [2.45, 2.75) is 43.5 Å². The highest BCUT2D eigenvalue weighted by Crippen LogP contribution is 2.28. The van der Waals surface area contributed by atoms with E-state index in [9.17, 15) is 10.2 Å². The van der Waals surface area contributed by atoms with E-state index in [2.05, 4.69) is 4.84 Å². The molecule has 0 radical (unpaired) electrons. The molecule has 0 amide bonds. The Morgan fingerprint density at radius 1 is 1.20 bits per heavy atom. The summed E-state index contributed by atoms with van der Waals surface area (Å²) in [6.45, 7) is 1.72. The van der Waals surface area contributed by atoms with Gasteiger partial charge in [-0.2, -0.15) is 11.8 Å². The number of nitrogens with one attached hydrogen (secondary N) is 1. The van der Waals surface area contributed by atoms with Crippen LogP contribution in [-0.2, 0) is 14.2 Å². The van der Waals surface area contributed by atoms with Gasteiger partial charge in [-0.1, -0.05) is 0 Å². The Kier molecular flexibility index (Phi) is 7.33. The molecular weight excluding hydrogens is 306 g/mol. The predicted octanol–water partition coefficient (Wildman–Crippen LogP) is 0.105. The van der Waals surface area contributed by atoms with Crippen LogP contribution in [0.5, 0.6) is 0 Å². The molecule has 0 aliphatic carbocycles. The van der Waals surface area contributed by atoms with Gasteiger partial charge in [0, 0.05) is 18.9 Å². The number of hydrogen-bond acceptors (Lipinski definition) is 7. The summed E-state index contributed by atoms with van der Waals surface area (Å²) in [4.78, 5) is 2.58. The van der Waals surface area contributed by atoms with Crippen molar-refractivity contribution in [3.05, 3.63) is 0 Å². The van der Waals surface area contributed by atoms with Crippen molar-refractivity contribution in [3.63, 3.8) is 0 Å². The zero-order chi connectivity index (χ0) is 14.4. The van der Waals surface area contributed by atoms with Crippen molar-refractivity contribution in [2.75, 3.05) is 31.3 Å². The van der Waals surface area contributed by atoms with Crippen molar-refractivity contribution in [3.8, 4) is 0 Å². The molecule has 3 N–H and O–H groups in total. The van der Waals surface area contributed by atoms with E-state index in [0.29, 0.717) is 19.0 Å². The minimum absolute atomic E-state index is 0.273. The lowest BCUT2D eigenvalue weighted by Crippen LogP contribution is -2.59. The smallest absolute Gasteiger partial charge is 0.186 e. The van der Waals surface area contributed by atoms with Gasteiger partial charge in [0.2, 0.25) is 0 Å². The molecule has 118 valence electrons. The maximum Gasteiger partial charge on any atom is 0.186 e. The van der Waals surface area contributed by atoms with Crippen LogP contribution < -0.4 is 4.84 Å². The molecule has 3 aliphatic heterocycles. The molecule has 3 heterocycles. The van der Waals surface area contributed by atoms with Crippen LogP contribution in [0.1, 0.15) is 12.8 Å². The first-order valence-corrected chi connectivity index (χ1v) is 8.43. The van der Waals surface area contributed by atoms with Gasteiger partial charge in [0.05, 0.1) is 12.7 Å². The molecule has 3 saturated heterocycles. The molecule has 5 unspecified atom stereocenters. The largest absolute Gasteiger partial charge is 0.387 e. The number of rotatable bonds is 6. The van der Waals surface area contributed by atoms with Crippen LogP contribution in [0.15, 0.2) is 0 Å². The van der Waals surface area contributed by atoms with Gasteiger partial charge >= 0.3 is 0 Å². The fourth-order valence-corrected chi connectivity index (χ4v) is 3.45. The molecule has 3 aliphatic rings. The summed E-state index contributed by atoms with van der Waals surface area (Å²) in [6.07, 6.45) is -1.87. The van der Waals surface area contributed by atoms with E-state index < -0.39 is 24.6 Å². The lowest BCUT2D eigenvalue weighted by Gasteiger charge is -2.41. The Balaban J connectivity index is 1.87. The summed E-state index contributed by atoms with van der Waals surface area (Å²) < 4.78 is 16.9. The van der Waals surface area contributed by atoms with Crippen molar-refractivity contribution in [1.29, 1.82) is 0 Å². The highest BCUT2D eigenvalue weighted by molar-refractivity contribution is 7.99. The first-order chi connectivity index (χ1) is 9.74. The molecule has 0 aromatic heterocycles. The van der Waals surface area contributed by atoms with Crippen LogP contribution in [0.4, 0.5) is 0 Å². The number of halogens is 1. The van der Waals surface area contributed by atoms with E-state index in [1.165, 1.54) is 0 Å². The van der Waals surface area contributed by atoms with Crippen LogP contribution in [-0.4, -0.2) is 72.2 Å². The van der Waals surface area contributed by atoms with Crippen LogP contribution in [0.2, 0.25) is 0 Å². The van der Waals surface area contributed by atoms with E-state index in [0.717, 1.165) is 25.1 Å². The number of aliphatic hydroxyl groups excluding tert-OH is 2. The summed E-state index contributed by atoms with van der Waals surface area (Å²) in [7, 11) is 0. The summed E-state index contributed by atoms with van der Waals surface area (Å²) >= 11 is 7.11. The zero-order valence-electron chi connectivity index (χ0n) is 11.2. The first kappa shape index (κ1) is 16.8. The van der Waals surface area contributed by atoms with Gasteiger partial charge in [-0.05, 0) is 30.4 Å². The highest BCUT2D eigenvalue weighted by atomic mass is 35.5. The SMILES string of the molecule is OC1C2OCCCOC(C(CSCCCNCl)O2)C1O. The predicted molar refractivity (Wildman–Crippen MR) is 76.8 cm³/mol. The fraction of sp³-hybridized carbons (Fsp3) is 1.00. The van der Waals surface area contributed by atoms with Gasteiger partial charge in [0.25, 0.3) is 0 Å². The third-order valence-electron chi connectivity index (χ3n) is 3.36. The van der Waals surface area contributed by atoms with Crippen LogP contribution in [0.3, 0.4) is 0 Å². The van der Waals surface area contributed by atoms with E-state index in [4.69, 9.17) is 26.0 Å². The average molecular weight is 328 g/mol. The topological polar surface area (TPSA) is 80.2 Å². The molecule has 6 nitrogen and oxygen atoms in total. The molecule has 0 saturated carbocycles. The fourth-order valence-electron chi connectivity index (χ4n) is 2.30. The molecule has 0 spiro atoms. The third-order valence-corrected chi connectivity index (χ3v) is 4.69. The van der Waals surface area contributed by atoms with Crippen molar-refractivity contribution < 1.29 is 24.4 Å². The van der Waals surface area contributed by atoms with Gasteiger partial charge < -0.3 is 24.4 Å². The third kappa shape index (κ3) is 4.45. The second-order valence-electron chi connectivity index (χ2n) is 4.90. The van der Waals surface area contributed by atoms with Crippen LogP contribution in [0, 0.1) is 0 Å². The highest BCUT2D eigenvalue weighted by Gasteiger charge is 2.46. The lowest BCUT2D eigenvalue weighted by molar-refractivity contribution is -0.289. The van der Waals surface area contributed by atoms with Crippen LogP contribution >= 0.6 is 23.5 Å². The second-order valence-corrected chi connectivity index (χ2v) is 6.31. The maximum atomic E-state index is 10.1. The standard InChI is InChI=1S/C12H22ClNO5S/c13-14-3-1-6-20-7-8-11-9(15)10(16)12(19-8)18-5-2-4-17-11/h8-12,14-16H,1-7H2. The lowest BCUT2D eigenvalue weighted by atomic mass is 10.00. The quantitative estimate of drug-likeness (QED) is 0.472. The molecule has 3 rings (SSSR count). The zero-order valence-corrected chi connectivity index (χ0v) is 12.8. The number of ether oxygens (including phenoxy) is 3. The number of hydrogen-bond donors (Lipinski definition) is 3. The van der Waals surface area contributed by atoms with Crippen LogP contribution in [0.25, 0.3) is 0 Å². The Hall–Kier alpha value is 0.400. The van der Waals surface area contributed by atoms with Gasteiger partial charge in [0.1, 0.15) is 18.3 Å². The van der Waals surface area contributed by atoms with Gasteiger partial charge in [-0.25, -0.2) is 4.84 Å². The van der Waals surface area contributed by atoms with E-state index >= 15 is 0 Å². The molecule has 0 aromatic carbocycles. The average Bonchev–Trinajstić information content (AvgIpc) is 2.58. The van der Waals surface area contributed by atoms with Gasteiger partial charge in [0.15, 0.2) is 6.29 Å². The number of aliphatic hydroxyl groups is 2. The Morgan fingerprint density at radius 2 is 2.00 bits per heavy atom. The van der Waals surface area contributed by atoms with E-state index in [1.807, 2.05) is 0 Å². The Labute approximate surface area is 128 Å². The normalized spacial score (nSPS) is 38.2. The molecule has 5 atom stereocenters. The van der Waals surface area contributed by atoms with Crippen molar-refractivity contribution >= 4 is 23.5 Å². The second kappa shape index (κ2) is 8.75. The monoisotopic (exact) mass is 327 g/mol. The summed E-state index contributed by atoms with van der Waals surface area (Å²) in [5.41, 5.74) is 0. The van der Waals surface area contributed by atoms with Gasteiger partial charge in [-0.15, -0.1) is 0 Å². The number of fused-ring (bicyclic) bond motifs is 6. The molecule has 2 bridgehead atoms. The molecule has 3 fully saturated rings. The summed E-state index contributed by atoms with van der Waals surface area (Å²) in [5.74, 6) is 1.63. The minimum Gasteiger partial charge on any atom is -0.387 e. The van der Waals surface area contributed by atoms with Gasteiger partial charge in [-0.3, -0.25) is 0 Å². The summed E-state index contributed by atoms with van der Waals surface area (Å²) in [5, 5.41) is 20.1. The first-order valence-electron chi connectivity index (χ1n) is 6.90. The van der Waals surface area contributed by atoms with E-state index in [1.54, 1.807) is 11.8 Å². The molecule has 0 aromatic rings. The Morgan fingerprint density at radius 3 is 2.80 bits per heavy atom. The van der Waals surface area contributed by atoms with E-state index in [-0.39, 0.29) is 6.10 Å². The van der Waals surface area contributed by atoms with Crippen molar-refractivity contribution in [1.82, 2.24) is 4.84 Å². The molecule has 8 heteroatoms.